The molecular formula is C85H107N17O30S4. The Morgan fingerprint density at radius 3 is 2.07 bits per heavy atom. The summed E-state index contributed by atoms with van der Waals surface area (Å²) in [6.07, 6.45) is 1.99. The summed E-state index contributed by atoms with van der Waals surface area (Å²) in [7, 11) is -13.8. The van der Waals surface area contributed by atoms with Crippen molar-refractivity contribution >= 4 is 183 Å². The van der Waals surface area contributed by atoms with E-state index in [0.29, 0.717) is 63.7 Å². The van der Waals surface area contributed by atoms with Crippen LogP contribution in [0.25, 0.3) is 28.2 Å². The second-order valence-electron chi connectivity index (χ2n) is 33.0. The number of nitrogen functional groups attached to an aromatic ring is 1. The highest BCUT2D eigenvalue weighted by Crippen LogP contribution is 2.52. The number of ketones is 2. The van der Waals surface area contributed by atoms with E-state index in [9.17, 15) is 126 Å². The van der Waals surface area contributed by atoms with Gasteiger partial charge in [-0.2, -0.15) is 21.8 Å². The molecule has 7 amide bonds. The molecule has 47 nitrogen and oxygen atoms in total. The second kappa shape index (κ2) is 48.6. The number of thioether (sulfide) groups is 1. The molecule has 0 saturated carbocycles. The number of Topliss-reactive ketones (excluding diaryl/α,β-unsaturated/α-hetero) is 2. The fraction of sp³-hybridized carbons (Fsp3) is 0.459. The van der Waals surface area contributed by atoms with Gasteiger partial charge < -0.3 is 87.8 Å². The summed E-state index contributed by atoms with van der Waals surface area (Å²) in [5.41, 5.74) is 12.8. The van der Waals surface area contributed by atoms with Gasteiger partial charge in [0.2, 0.25) is 41.4 Å². The number of aliphatic carboxylic acids is 3. The lowest BCUT2D eigenvalue weighted by molar-refractivity contribution is -0.144. The van der Waals surface area contributed by atoms with E-state index in [1.165, 1.54) is 42.6 Å². The van der Waals surface area contributed by atoms with Crippen molar-refractivity contribution in [2.75, 3.05) is 84.0 Å². The van der Waals surface area contributed by atoms with Crippen molar-refractivity contribution in [3.63, 3.8) is 0 Å². The molecule has 3 aromatic carbocycles. The van der Waals surface area contributed by atoms with Crippen molar-refractivity contribution in [3.05, 3.63) is 129 Å². The third kappa shape index (κ3) is 31.8. The normalized spacial score (nSPS) is 16.1. The number of aromatic nitrogens is 4. The monoisotopic (exact) mass is 1970 g/mol. The second-order valence-corrected chi connectivity index (χ2v) is 38.8. The molecule has 8 rings (SSSR count). The van der Waals surface area contributed by atoms with E-state index in [-0.39, 0.29) is 132 Å². The standard InChI is InChI=1S/C85H107N17O30S4/c1-6-100(30-11-33-134(121,122)123)52-22-24-56-57(84(2,3)4)37-54(132-66(56)36-52)16-7-17-68-85(5,58-38-55(136(127,128)129)23-26-64(58)101(68)32-12-34-135(124,125)126)28-8-14-53(105)15-10-31-102-70(108)40-67(79(102)116)133-45-63(81(119)120)97-76(113)60(39-71(109)110)95-77(114)62(44-131-47-104)96-75(112)49(13-9-29-89-82(86)87)35-65(106)61(43-130-46-103)93-69(107)27-25-59(80(117)118)94-74(111)48-18-20-50(21-19-48)90-41-51-42-91-73-72(92-51)78(115)99-83(88)98-73/h7,16-24,26,36-38,42,46-47,49,59-63,67H,6,8-15,25,27-35,39-41,43-45H2,1-5H3,(H18-,86,87,88,89,90,91,93,94,95,96,97,98,99,107,109,110,111,112,113,114,115,117,118,119,120,121,122,123,124,125,126,127,128,129)/b16-7+,68-17-. The molecule has 1 saturated heterocycles. The number of carbonyl (C=O) groups is 14. The minimum atomic E-state index is -4.83. The SMILES string of the molecule is CCN(CCCS(=O)(=O)[O-])c1ccc2c(C(C)(C)C)cc(/C=C/C=C3\N(CCCS(=O)(=O)O)c4ccc(S(=O)(=O)O)cc4C3(C)CCCC(=O)CCCN3C(=O)CC(SCC(NC(=O)C(CC(=O)O)NC(=O)C(COC=O)NC(=O)C(CCCNC(=N)N)CC(=O)C(COC=O)NC(=O)CCC(NC(=O)c4ccc(NCc5cnc6nc(N)[nH]c(=O)c6n5)cc4)C(=O)O)C(=O)O)C3=O)[o+]c2c1. The summed E-state index contributed by atoms with van der Waals surface area (Å²) in [4.78, 5) is 216. The molecule has 1 fully saturated rings. The van der Waals surface area contributed by atoms with Crippen LogP contribution in [0.15, 0.2) is 105 Å². The number of hydrogen-bond donors (Lipinski definition) is 16. The Kier molecular flexibility index (Phi) is 38.5. The minimum absolute atomic E-state index is 0.0138. The van der Waals surface area contributed by atoms with E-state index in [1.807, 2.05) is 50.8 Å². The number of allylic oxidation sites excluding steroid dienone is 3. The molecule has 6 aromatic rings. The average molecular weight is 1980 g/mol. The van der Waals surface area contributed by atoms with Gasteiger partial charge in [-0.15, -0.1) is 11.8 Å². The summed E-state index contributed by atoms with van der Waals surface area (Å²) in [5.74, 6) is -17.6. The maximum Gasteiger partial charge on any atom is 0.363 e. The highest BCUT2D eigenvalue weighted by molar-refractivity contribution is 8.00. The number of imide groups is 1. The number of nitrogens with zero attached hydrogens (tertiary/aromatic N) is 6. The molecule has 8 atom stereocenters. The number of carbonyl (C=O) groups excluding carboxylic acids is 11. The van der Waals surface area contributed by atoms with Gasteiger partial charge in [0, 0.05) is 128 Å². The van der Waals surface area contributed by atoms with E-state index in [2.05, 4.69) is 57.2 Å². The quantitative estimate of drug-likeness (QED) is 0.00493. The summed E-state index contributed by atoms with van der Waals surface area (Å²) in [6.45, 7) is 7.85. The first-order valence-corrected chi connectivity index (χ1v) is 48.2. The number of guanidine groups is 1. The van der Waals surface area contributed by atoms with Crippen molar-refractivity contribution in [1.29, 1.82) is 5.41 Å². The number of nitrogens with one attached hydrogen (secondary N) is 9. The average Bonchev–Trinajstić information content (AvgIpc) is 1.57. The van der Waals surface area contributed by atoms with Gasteiger partial charge in [0.25, 0.3) is 44.6 Å². The Balaban J connectivity index is 0.873. The van der Waals surface area contributed by atoms with Crippen molar-refractivity contribution in [2.24, 2.45) is 11.7 Å². The number of aromatic amines is 1. The van der Waals surface area contributed by atoms with Crippen molar-refractivity contribution in [2.45, 2.75) is 182 Å². The molecule has 5 heterocycles. The van der Waals surface area contributed by atoms with Crippen LogP contribution in [0.5, 0.6) is 0 Å². The molecule has 0 bridgehead atoms. The van der Waals surface area contributed by atoms with Gasteiger partial charge in [0.15, 0.2) is 22.9 Å². The third-order valence-electron chi connectivity index (χ3n) is 22.0. The largest absolute Gasteiger partial charge is 0.748 e. The number of benzene rings is 3. The predicted molar refractivity (Wildman–Crippen MR) is 489 cm³/mol. The molecular weight excluding hydrogens is 1870 g/mol. The van der Waals surface area contributed by atoms with Crippen molar-refractivity contribution < 1.29 is 135 Å². The smallest absolute Gasteiger partial charge is 0.363 e. The molecule has 18 N–H and O–H groups in total. The first-order chi connectivity index (χ1) is 64.0. The van der Waals surface area contributed by atoms with Gasteiger partial charge in [-0.1, -0.05) is 26.8 Å². The van der Waals surface area contributed by atoms with E-state index in [1.54, 1.807) is 36.1 Å². The zero-order valence-electron chi connectivity index (χ0n) is 74.4. The Bertz CT molecular complexity index is 6000. The Morgan fingerprint density at radius 2 is 1.43 bits per heavy atom. The zero-order valence-corrected chi connectivity index (χ0v) is 77.7. The number of rotatable bonds is 56. The molecule has 0 aliphatic carbocycles. The fourth-order valence-corrected chi connectivity index (χ4v) is 17.8. The van der Waals surface area contributed by atoms with Crippen molar-refractivity contribution in [1.82, 2.24) is 56.7 Å². The number of anilines is 4. The van der Waals surface area contributed by atoms with Gasteiger partial charge in [-0.25, -0.2) is 32.4 Å². The minimum Gasteiger partial charge on any atom is -0.748 e. The van der Waals surface area contributed by atoms with E-state index < -0.39 is 227 Å². The number of ether oxygens (including phenoxy) is 2. The first-order valence-electron chi connectivity index (χ1n) is 42.6. The summed E-state index contributed by atoms with van der Waals surface area (Å²) in [5, 5.41) is 53.9. The van der Waals surface area contributed by atoms with Gasteiger partial charge >= 0.3 is 29.3 Å². The van der Waals surface area contributed by atoms with Crippen LogP contribution in [0.3, 0.4) is 0 Å². The van der Waals surface area contributed by atoms with Gasteiger partial charge in [-0.05, 0) is 142 Å². The summed E-state index contributed by atoms with van der Waals surface area (Å²) < 4.78 is 120. The van der Waals surface area contributed by atoms with Crippen LogP contribution in [0.1, 0.15) is 157 Å². The van der Waals surface area contributed by atoms with E-state index in [0.717, 1.165) is 21.9 Å². The predicted octanol–water partition coefficient (Wildman–Crippen LogP) is 1.92. The van der Waals surface area contributed by atoms with Crippen LogP contribution in [0.2, 0.25) is 0 Å². The Morgan fingerprint density at radius 1 is 0.765 bits per heavy atom. The van der Waals surface area contributed by atoms with Crippen LogP contribution in [-0.2, 0) is 120 Å². The van der Waals surface area contributed by atoms with Crippen LogP contribution in [-0.4, -0.2) is 267 Å². The zero-order chi connectivity index (χ0) is 100. The number of H-pyrrole nitrogens is 1. The molecule has 8 unspecified atom stereocenters. The van der Waals surface area contributed by atoms with Crippen LogP contribution in [0, 0.1) is 11.3 Å². The molecule has 136 heavy (non-hydrogen) atoms. The lowest BCUT2D eigenvalue weighted by atomic mass is 9.77. The molecule has 51 heteroatoms. The Labute approximate surface area is 783 Å². The molecule has 0 spiro atoms. The highest BCUT2D eigenvalue weighted by Gasteiger charge is 2.45. The van der Waals surface area contributed by atoms with Crippen LogP contribution in [0.4, 0.5) is 23.0 Å². The van der Waals surface area contributed by atoms with E-state index >= 15 is 0 Å². The maximum absolute atomic E-state index is 14.3. The number of fused-ring (bicyclic) bond motifs is 3. The molecule has 0 radical (unpaired) electrons. The topological polar surface area (TPSA) is 737 Å². The van der Waals surface area contributed by atoms with Gasteiger partial charge in [0.1, 0.15) is 49.2 Å². The highest BCUT2D eigenvalue weighted by atomic mass is 32.2. The molecule has 3 aromatic heterocycles. The third-order valence-corrected chi connectivity index (χ3v) is 25.7. The maximum atomic E-state index is 14.3. The fourth-order valence-electron chi connectivity index (χ4n) is 15.1. The number of nitrogens with two attached hydrogens (primary N) is 2. The summed E-state index contributed by atoms with van der Waals surface area (Å²) >= 11 is 0.612. The van der Waals surface area contributed by atoms with Crippen molar-refractivity contribution in [3.8, 4) is 0 Å². The van der Waals surface area contributed by atoms with Crippen LogP contribution < -0.4 is 64.0 Å². The number of amides is 7. The van der Waals surface area contributed by atoms with E-state index in [4.69, 9.17) is 30.8 Å². The molecule has 736 valence electrons. The van der Waals surface area contributed by atoms with Gasteiger partial charge in [-0.3, -0.25) is 86.7 Å². The Hall–Kier alpha value is -13.5. The summed E-state index contributed by atoms with van der Waals surface area (Å²) in [6, 6.07) is 7.27. The number of hydrogen-bond acceptors (Lipinski definition) is 33. The number of carboxylic acids is 3. The lowest BCUT2D eigenvalue weighted by Gasteiger charge is -2.30. The van der Waals surface area contributed by atoms with Crippen LogP contribution >= 0.6 is 11.8 Å². The number of carboxylic acid groups (broad SMARTS) is 3. The lowest BCUT2D eigenvalue weighted by Crippen LogP contribution is -2.58. The number of likely N-dealkylation sites (tertiary alicyclic amines) is 1. The molecule has 2 aliphatic heterocycles. The molecule has 2 aliphatic rings. The first kappa shape index (κ1) is 108. The van der Waals surface area contributed by atoms with Gasteiger partial charge in [0.05, 0.1) is 62.3 Å².